The maximum absolute atomic E-state index is 13.9. The van der Waals surface area contributed by atoms with Crippen LogP contribution in [0.2, 0.25) is 0 Å². The van der Waals surface area contributed by atoms with E-state index in [0.717, 1.165) is 21.7 Å². The van der Waals surface area contributed by atoms with Gasteiger partial charge in [-0.1, -0.05) is 18.2 Å². The lowest BCUT2D eigenvalue weighted by atomic mass is 10.1. The summed E-state index contributed by atoms with van der Waals surface area (Å²) in [6, 6.07) is 12.9. The molecule has 0 atom stereocenters. The molecule has 0 amide bonds. The maximum atomic E-state index is 13.9. The summed E-state index contributed by atoms with van der Waals surface area (Å²) in [6.07, 6.45) is 0. The third-order valence-electron chi connectivity index (χ3n) is 3.13. The summed E-state index contributed by atoms with van der Waals surface area (Å²) in [7, 11) is 0. The lowest BCUT2D eigenvalue weighted by Crippen LogP contribution is -1.95. The molecule has 3 aromatic rings. The number of para-hydroxylation sites is 1. The monoisotopic (exact) mass is 317 g/mol. The SMILES string of the molecule is Cc1sc(COc2ccccc2)nc1-c1ccc(F)cc1F. The molecule has 2 nitrogen and oxygen atoms in total. The van der Waals surface area contributed by atoms with Crippen LogP contribution in [0.4, 0.5) is 8.78 Å². The third kappa shape index (κ3) is 3.14. The Morgan fingerprint density at radius 1 is 1.09 bits per heavy atom. The van der Waals surface area contributed by atoms with Crippen LogP contribution >= 0.6 is 11.3 Å². The van der Waals surface area contributed by atoms with Crippen molar-refractivity contribution >= 4 is 11.3 Å². The van der Waals surface area contributed by atoms with E-state index in [1.54, 1.807) is 0 Å². The molecule has 0 saturated heterocycles. The second-order valence-electron chi connectivity index (χ2n) is 4.74. The summed E-state index contributed by atoms with van der Waals surface area (Å²) in [5.74, 6) is -0.449. The molecule has 22 heavy (non-hydrogen) atoms. The van der Waals surface area contributed by atoms with Gasteiger partial charge in [0.15, 0.2) is 0 Å². The van der Waals surface area contributed by atoms with Crippen molar-refractivity contribution in [2.75, 3.05) is 0 Å². The first-order valence-corrected chi connectivity index (χ1v) is 7.54. The summed E-state index contributed by atoms with van der Waals surface area (Å²) >= 11 is 1.44. The molecule has 0 radical (unpaired) electrons. The lowest BCUT2D eigenvalue weighted by molar-refractivity contribution is 0.305. The number of hydrogen-bond acceptors (Lipinski definition) is 3. The third-order valence-corrected chi connectivity index (χ3v) is 4.08. The Labute approximate surface area is 131 Å². The van der Waals surface area contributed by atoms with Crippen molar-refractivity contribution in [1.29, 1.82) is 0 Å². The Bertz CT molecular complexity index is 787. The fourth-order valence-corrected chi connectivity index (χ4v) is 2.97. The molecule has 0 aliphatic rings. The molecule has 0 saturated carbocycles. The number of benzene rings is 2. The Morgan fingerprint density at radius 2 is 1.86 bits per heavy atom. The van der Waals surface area contributed by atoms with Crippen molar-refractivity contribution in [2.45, 2.75) is 13.5 Å². The van der Waals surface area contributed by atoms with Gasteiger partial charge in [0.05, 0.1) is 5.69 Å². The van der Waals surface area contributed by atoms with Gasteiger partial charge in [-0.25, -0.2) is 13.8 Å². The standard InChI is InChI=1S/C17H13F2NOS/c1-11-17(14-8-7-12(18)9-15(14)19)20-16(22-11)10-21-13-5-3-2-4-6-13/h2-9H,10H2,1H3. The second kappa shape index (κ2) is 6.23. The quantitative estimate of drug-likeness (QED) is 0.677. The average Bonchev–Trinajstić information content (AvgIpc) is 2.87. The van der Waals surface area contributed by atoms with E-state index in [2.05, 4.69) is 4.98 Å². The minimum absolute atomic E-state index is 0.307. The van der Waals surface area contributed by atoms with E-state index in [9.17, 15) is 8.78 Å². The molecule has 0 fully saturated rings. The molecule has 1 aromatic heterocycles. The van der Waals surface area contributed by atoms with Crippen LogP contribution in [0.25, 0.3) is 11.3 Å². The van der Waals surface area contributed by atoms with Gasteiger partial charge in [0.1, 0.15) is 29.0 Å². The van der Waals surface area contributed by atoms with Crippen LogP contribution in [0.1, 0.15) is 9.88 Å². The molecule has 5 heteroatoms. The number of halogens is 2. The van der Waals surface area contributed by atoms with E-state index in [-0.39, 0.29) is 0 Å². The smallest absolute Gasteiger partial charge is 0.140 e. The van der Waals surface area contributed by atoms with Gasteiger partial charge in [0.2, 0.25) is 0 Å². The maximum Gasteiger partial charge on any atom is 0.140 e. The first-order chi connectivity index (χ1) is 10.6. The fourth-order valence-electron chi connectivity index (χ4n) is 2.11. The van der Waals surface area contributed by atoms with Gasteiger partial charge in [-0.2, -0.15) is 0 Å². The van der Waals surface area contributed by atoms with Gasteiger partial charge < -0.3 is 4.74 Å². The van der Waals surface area contributed by atoms with Gasteiger partial charge in [-0.3, -0.25) is 0 Å². The first kappa shape index (κ1) is 14.7. The zero-order chi connectivity index (χ0) is 15.5. The van der Waals surface area contributed by atoms with Crippen LogP contribution in [0.15, 0.2) is 48.5 Å². The van der Waals surface area contributed by atoms with E-state index < -0.39 is 11.6 Å². The number of nitrogens with zero attached hydrogens (tertiary/aromatic N) is 1. The second-order valence-corrected chi connectivity index (χ2v) is 6.03. The van der Waals surface area contributed by atoms with E-state index in [1.165, 1.54) is 23.5 Å². The molecule has 2 aromatic carbocycles. The minimum atomic E-state index is -0.607. The van der Waals surface area contributed by atoms with Crippen LogP contribution in [-0.4, -0.2) is 4.98 Å². The summed E-state index contributed by atoms with van der Waals surface area (Å²) < 4.78 is 32.5. The highest BCUT2D eigenvalue weighted by Gasteiger charge is 2.14. The van der Waals surface area contributed by atoms with E-state index >= 15 is 0 Å². The highest BCUT2D eigenvalue weighted by atomic mass is 32.1. The zero-order valence-electron chi connectivity index (χ0n) is 11.8. The zero-order valence-corrected chi connectivity index (χ0v) is 12.7. The molecule has 0 unspecified atom stereocenters. The van der Waals surface area contributed by atoms with Crippen LogP contribution in [-0.2, 0) is 6.61 Å². The number of ether oxygens (including phenoxy) is 1. The van der Waals surface area contributed by atoms with Crippen molar-refractivity contribution in [1.82, 2.24) is 4.98 Å². The molecule has 1 heterocycles. The number of rotatable bonds is 4. The topological polar surface area (TPSA) is 22.1 Å². The van der Waals surface area contributed by atoms with Gasteiger partial charge in [0.25, 0.3) is 0 Å². The first-order valence-electron chi connectivity index (χ1n) is 6.73. The molecule has 0 spiro atoms. The van der Waals surface area contributed by atoms with E-state index in [1.807, 2.05) is 37.3 Å². The Balaban J connectivity index is 1.81. The number of thiazole rings is 1. The minimum Gasteiger partial charge on any atom is -0.486 e. The van der Waals surface area contributed by atoms with Crippen LogP contribution in [0, 0.1) is 18.6 Å². The van der Waals surface area contributed by atoms with Gasteiger partial charge in [-0.05, 0) is 31.2 Å². The van der Waals surface area contributed by atoms with E-state index in [0.29, 0.717) is 17.9 Å². The molecule has 0 N–H and O–H groups in total. The Morgan fingerprint density at radius 3 is 2.59 bits per heavy atom. The van der Waals surface area contributed by atoms with Crippen LogP contribution in [0.5, 0.6) is 5.75 Å². The summed E-state index contributed by atoms with van der Waals surface area (Å²) in [4.78, 5) is 5.29. The highest BCUT2D eigenvalue weighted by Crippen LogP contribution is 2.30. The normalized spacial score (nSPS) is 10.7. The lowest BCUT2D eigenvalue weighted by Gasteiger charge is -2.03. The largest absolute Gasteiger partial charge is 0.486 e. The van der Waals surface area contributed by atoms with Crippen molar-refractivity contribution in [2.24, 2.45) is 0 Å². The summed E-state index contributed by atoms with van der Waals surface area (Å²) in [5.41, 5.74) is 0.843. The molecule has 3 rings (SSSR count). The molecular weight excluding hydrogens is 304 g/mol. The molecule has 0 bridgehead atoms. The van der Waals surface area contributed by atoms with Crippen LogP contribution < -0.4 is 4.74 Å². The number of hydrogen-bond donors (Lipinski definition) is 0. The molecule has 0 aliphatic carbocycles. The van der Waals surface area contributed by atoms with Gasteiger partial charge in [-0.15, -0.1) is 11.3 Å². The predicted octanol–water partition coefficient (Wildman–Crippen LogP) is 4.98. The number of aromatic nitrogens is 1. The summed E-state index contributed by atoms with van der Waals surface area (Å²) in [6.45, 7) is 2.18. The van der Waals surface area contributed by atoms with Crippen molar-refractivity contribution < 1.29 is 13.5 Å². The van der Waals surface area contributed by atoms with E-state index in [4.69, 9.17) is 4.74 Å². The van der Waals surface area contributed by atoms with Crippen LogP contribution in [0.3, 0.4) is 0 Å². The number of aryl methyl sites for hydroxylation is 1. The van der Waals surface area contributed by atoms with Gasteiger partial charge in [0, 0.05) is 16.5 Å². The molecule has 112 valence electrons. The van der Waals surface area contributed by atoms with Crippen molar-refractivity contribution in [3.8, 4) is 17.0 Å². The fraction of sp³-hybridized carbons (Fsp3) is 0.118. The van der Waals surface area contributed by atoms with Gasteiger partial charge >= 0.3 is 0 Å². The Kier molecular flexibility index (Phi) is 4.15. The highest BCUT2D eigenvalue weighted by molar-refractivity contribution is 7.12. The molecule has 0 aliphatic heterocycles. The Hall–Kier alpha value is -2.27. The summed E-state index contributed by atoms with van der Waals surface area (Å²) in [5, 5.41) is 0.750. The van der Waals surface area contributed by atoms with Crippen molar-refractivity contribution in [3.63, 3.8) is 0 Å². The van der Waals surface area contributed by atoms with Crippen molar-refractivity contribution in [3.05, 3.63) is 70.1 Å². The average molecular weight is 317 g/mol. The predicted molar refractivity (Wildman–Crippen MR) is 83.0 cm³/mol. The molecular formula is C17H13F2NOS.